The van der Waals surface area contributed by atoms with Crippen molar-refractivity contribution in [3.05, 3.63) is 17.6 Å². The number of piperidine rings is 1. The molecule has 0 aromatic carbocycles. The van der Waals surface area contributed by atoms with Gasteiger partial charge in [-0.15, -0.1) is 0 Å². The van der Waals surface area contributed by atoms with Gasteiger partial charge in [0.15, 0.2) is 0 Å². The number of aromatic nitrogens is 2. The third kappa shape index (κ3) is 4.71. The fourth-order valence-electron chi connectivity index (χ4n) is 4.31. The van der Waals surface area contributed by atoms with E-state index in [0.29, 0.717) is 43.9 Å². The lowest BCUT2D eigenvalue weighted by atomic mass is 9.79. The predicted molar refractivity (Wildman–Crippen MR) is 101 cm³/mol. The van der Waals surface area contributed by atoms with Gasteiger partial charge in [-0.05, 0) is 47.5 Å². The van der Waals surface area contributed by atoms with E-state index in [-0.39, 0.29) is 17.0 Å². The summed E-state index contributed by atoms with van der Waals surface area (Å²) < 4.78 is 5.33. The number of hydrogen-bond acceptors (Lipinski definition) is 6. The molecule has 2 N–H and O–H groups in total. The zero-order chi connectivity index (χ0) is 18.9. The predicted octanol–water partition coefficient (Wildman–Crippen LogP) is 1.98. The number of amides is 1. The summed E-state index contributed by atoms with van der Waals surface area (Å²) in [6.07, 6.45) is 1.98. The fourth-order valence-corrected chi connectivity index (χ4v) is 4.31. The molecule has 2 saturated heterocycles. The van der Waals surface area contributed by atoms with Crippen LogP contribution in [0.25, 0.3) is 0 Å². The second-order valence-electron chi connectivity index (χ2n) is 8.73. The van der Waals surface area contributed by atoms with Gasteiger partial charge in [0.05, 0.1) is 13.2 Å². The van der Waals surface area contributed by atoms with Crippen LogP contribution in [0.15, 0.2) is 6.07 Å². The molecule has 0 bridgehead atoms. The molecule has 2 fully saturated rings. The Morgan fingerprint density at radius 1 is 1.19 bits per heavy atom. The molecule has 7 nitrogen and oxygen atoms in total. The van der Waals surface area contributed by atoms with Crippen molar-refractivity contribution in [3.8, 4) is 0 Å². The SMILES string of the molecule is Cc1nc(NC2CC(C)(C)NC(C)(C)C2)cc(C(=O)N2CCOCC2)n1. The van der Waals surface area contributed by atoms with Crippen LogP contribution in [0, 0.1) is 6.92 Å². The monoisotopic (exact) mass is 361 g/mol. The first-order valence-corrected chi connectivity index (χ1v) is 9.42. The van der Waals surface area contributed by atoms with Gasteiger partial charge in [0.1, 0.15) is 17.3 Å². The van der Waals surface area contributed by atoms with E-state index in [4.69, 9.17) is 4.74 Å². The van der Waals surface area contributed by atoms with Gasteiger partial charge in [-0.25, -0.2) is 9.97 Å². The molecule has 1 aromatic rings. The Morgan fingerprint density at radius 3 is 2.42 bits per heavy atom. The van der Waals surface area contributed by atoms with E-state index in [2.05, 4.69) is 48.3 Å². The quantitative estimate of drug-likeness (QED) is 0.857. The van der Waals surface area contributed by atoms with Crippen LogP contribution in [0.3, 0.4) is 0 Å². The Morgan fingerprint density at radius 2 is 1.81 bits per heavy atom. The Bertz CT molecular complexity index is 652. The molecule has 0 saturated carbocycles. The second-order valence-corrected chi connectivity index (χ2v) is 8.73. The molecular formula is C19H31N5O2. The van der Waals surface area contributed by atoms with Crippen molar-refractivity contribution in [1.82, 2.24) is 20.2 Å². The van der Waals surface area contributed by atoms with E-state index in [1.807, 2.05) is 6.92 Å². The highest BCUT2D eigenvalue weighted by Crippen LogP contribution is 2.30. The van der Waals surface area contributed by atoms with E-state index in [1.165, 1.54) is 0 Å². The molecule has 144 valence electrons. The van der Waals surface area contributed by atoms with Gasteiger partial charge in [-0.3, -0.25) is 4.79 Å². The average molecular weight is 361 g/mol. The van der Waals surface area contributed by atoms with E-state index < -0.39 is 0 Å². The van der Waals surface area contributed by atoms with Gasteiger partial charge in [-0.2, -0.15) is 0 Å². The van der Waals surface area contributed by atoms with Crippen LogP contribution in [0.2, 0.25) is 0 Å². The molecule has 0 radical (unpaired) electrons. The van der Waals surface area contributed by atoms with E-state index in [1.54, 1.807) is 11.0 Å². The van der Waals surface area contributed by atoms with Gasteiger partial charge in [0.2, 0.25) is 0 Å². The van der Waals surface area contributed by atoms with Crippen LogP contribution in [0.4, 0.5) is 5.82 Å². The molecule has 0 atom stereocenters. The Labute approximate surface area is 155 Å². The first-order chi connectivity index (χ1) is 12.1. The van der Waals surface area contributed by atoms with Crippen molar-refractivity contribution in [2.45, 2.75) is 64.6 Å². The number of rotatable bonds is 3. The molecule has 0 aliphatic carbocycles. The Hall–Kier alpha value is -1.73. The summed E-state index contributed by atoms with van der Waals surface area (Å²) in [6, 6.07) is 2.08. The number of aryl methyl sites for hydroxylation is 1. The van der Waals surface area contributed by atoms with Gasteiger partial charge in [-0.1, -0.05) is 0 Å². The molecule has 3 rings (SSSR count). The minimum Gasteiger partial charge on any atom is -0.378 e. The number of hydrogen-bond donors (Lipinski definition) is 2. The van der Waals surface area contributed by atoms with E-state index in [0.717, 1.165) is 18.7 Å². The number of nitrogens with zero attached hydrogens (tertiary/aromatic N) is 3. The van der Waals surface area contributed by atoms with Crippen molar-refractivity contribution in [2.75, 3.05) is 31.6 Å². The molecule has 2 aliphatic rings. The zero-order valence-electron chi connectivity index (χ0n) is 16.6. The maximum absolute atomic E-state index is 12.7. The fraction of sp³-hybridized carbons (Fsp3) is 0.737. The smallest absolute Gasteiger partial charge is 0.272 e. The lowest BCUT2D eigenvalue weighted by Crippen LogP contribution is -2.60. The van der Waals surface area contributed by atoms with Crippen molar-refractivity contribution in [2.24, 2.45) is 0 Å². The Kier molecular flexibility index (Phi) is 5.21. The van der Waals surface area contributed by atoms with Gasteiger partial charge < -0.3 is 20.3 Å². The highest BCUT2D eigenvalue weighted by Gasteiger charge is 2.37. The summed E-state index contributed by atoms with van der Waals surface area (Å²) in [4.78, 5) is 23.4. The summed E-state index contributed by atoms with van der Waals surface area (Å²) in [6.45, 7) is 13.1. The van der Waals surface area contributed by atoms with Crippen LogP contribution in [0.5, 0.6) is 0 Å². The van der Waals surface area contributed by atoms with Crippen LogP contribution in [-0.4, -0.2) is 64.2 Å². The molecule has 0 spiro atoms. The number of anilines is 1. The summed E-state index contributed by atoms with van der Waals surface area (Å²) in [5, 5.41) is 7.23. The van der Waals surface area contributed by atoms with E-state index >= 15 is 0 Å². The number of ether oxygens (including phenoxy) is 1. The lowest BCUT2D eigenvalue weighted by Gasteiger charge is -2.46. The number of carbonyl (C=O) groups excluding carboxylic acids is 1. The Balaban J connectivity index is 1.76. The van der Waals surface area contributed by atoms with Crippen LogP contribution < -0.4 is 10.6 Å². The highest BCUT2D eigenvalue weighted by atomic mass is 16.5. The standard InChI is InChI=1S/C19H31N5O2/c1-13-20-15(17(25)24-6-8-26-9-7-24)10-16(21-13)22-14-11-18(2,3)23-19(4,5)12-14/h10,14,23H,6-9,11-12H2,1-5H3,(H,20,21,22). The summed E-state index contributed by atoms with van der Waals surface area (Å²) in [5.41, 5.74) is 0.552. The molecule has 0 unspecified atom stereocenters. The molecule has 3 heterocycles. The highest BCUT2D eigenvalue weighted by molar-refractivity contribution is 5.93. The van der Waals surface area contributed by atoms with Gasteiger partial charge in [0, 0.05) is 36.3 Å². The number of morpholine rings is 1. The average Bonchev–Trinajstić information content (AvgIpc) is 2.51. The molecule has 7 heteroatoms. The van der Waals surface area contributed by atoms with Gasteiger partial charge >= 0.3 is 0 Å². The maximum atomic E-state index is 12.7. The third-order valence-corrected chi connectivity index (χ3v) is 4.90. The first kappa shape index (κ1) is 19.0. The molecule has 26 heavy (non-hydrogen) atoms. The van der Waals surface area contributed by atoms with E-state index in [9.17, 15) is 4.79 Å². The molecular weight excluding hydrogens is 330 g/mol. The molecule has 1 aromatic heterocycles. The van der Waals surface area contributed by atoms with Gasteiger partial charge in [0.25, 0.3) is 5.91 Å². The summed E-state index contributed by atoms with van der Waals surface area (Å²) in [7, 11) is 0. The van der Waals surface area contributed by atoms with Crippen molar-refractivity contribution >= 4 is 11.7 Å². The second kappa shape index (κ2) is 7.12. The molecule has 1 amide bonds. The summed E-state index contributed by atoms with van der Waals surface area (Å²) >= 11 is 0. The van der Waals surface area contributed by atoms with Crippen LogP contribution in [0.1, 0.15) is 56.8 Å². The molecule has 2 aliphatic heterocycles. The van der Waals surface area contributed by atoms with Crippen molar-refractivity contribution in [1.29, 1.82) is 0 Å². The first-order valence-electron chi connectivity index (χ1n) is 9.42. The third-order valence-electron chi connectivity index (χ3n) is 4.90. The van der Waals surface area contributed by atoms with Crippen molar-refractivity contribution in [3.63, 3.8) is 0 Å². The summed E-state index contributed by atoms with van der Waals surface area (Å²) in [5.74, 6) is 1.29. The van der Waals surface area contributed by atoms with Crippen LogP contribution >= 0.6 is 0 Å². The largest absolute Gasteiger partial charge is 0.378 e. The normalized spacial score (nSPS) is 22.9. The lowest BCUT2D eigenvalue weighted by molar-refractivity contribution is 0.0299. The minimum atomic E-state index is -0.0483. The van der Waals surface area contributed by atoms with Crippen LogP contribution in [-0.2, 0) is 4.74 Å². The number of nitrogens with one attached hydrogen (secondary N) is 2. The van der Waals surface area contributed by atoms with Crippen molar-refractivity contribution < 1.29 is 9.53 Å². The maximum Gasteiger partial charge on any atom is 0.272 e. The number of carbonyl (C=O) groups is 1. The topological polar surface area (TPSA) is 79.4 Å². The zero-order valence-corrected chi connectivity index (χ0v) is 16.6. The minimum absolute atomic E-state index is 0.0483.